The van der Waals surface area contributed by atoms with Crippen LogP contribution in [-0.4, -0.2) is 33.1 Å². The van der Waals surface area contributed by atoms with Gasteiger partial charge < -0.3 is 4.74 Å². The van der Waals surface area contributed by atoms with Crippen LogP contribution in [0, 0.1) is 10.1 Å². The highest BCUT2D eigenvalue weighted by molar-refractivity contribution is 9.10. The van der Waals surface area contributed by atoms with Gasteiger partial charge in [0, 0.05) is 22.2 Å². The molecule has 1 heterocycles. The molecule has 0 radical (unpaired) electrons. The number of methoxy groups -OCH3 is 1. The van der Waals surface area contributed by atoms with Gasteiger partial charge in [0.1, 0.15) is 5.75 Å². The largest absolute Gasteiger partial charge is 0.495 e. The molecule has 0 unspecified atom stereocenters. The fraction of sp³-hybridized carbons (Fsp3) is 0.0909. The second kappa shape index (κ2) is 8.91. The Morgan fingerprint density at radius 2 is 1.90 bits per heavy atom. The Morgan fingerprint density at radius 1 is 1.16 bits per heavy atom. The molecular formula is C22H16BrN3O4S. The van der Waals surface area contributed by atoms with Gasteiger partial charge in [0.15, 0.2) is 10.9 Å². The van der Waals surface area contributed by atoms with Gasteiger partial charge in [-0.25, -0.2) is 4.98 Å². The number of thioether (sulfide) groups is 1. The lowest BCUT2D eigenvalue weighted by Crippen LogP contribution is -2.05. The topological polar surface area (TPSA) is 87.3 Å². The van der Waals surface area contributed by atoms with Gasteiger partial charge in [0.25, 0.3) is 5.69 Å². The number of ether oxygens (including phenoxy) is 1. The van der Waals surface area contributed by atoms with E-state index in [2.05, 4.69) is 20.9 Å². The molecule has 0 saturated heterocycles. The Balaban J connectivity index is 1.76. The molecule has 0 atom stereocenters. The van der Waals surface area contributed by atoms with Gasteiger partial charge in [0.2, 0.25) is 0 Å². The second-order valence-corrected chi connectivity index (χ2v) is 8.41. The summed E-state index contributed by atoms with van der Waals surface area (Å²) in [6.07, 6.45) is 0. The van der Waals surface area contributed by atoms with E-state index in [0.29, 0.717) is 27.5 Å². The van der Waals surface area contributed by atoms with Crippen molar-refractivity contribution < 1.29 is 14.5 Å². The summed E-state index contributed by atoms with van der Waals surface area (Å²) >= 11 is 4.64. The number of imidazole rings is 1. The van der Waals surface area contributed by atoms with E-state index < -0.39 is 4.92 Å². The monoisotopic (exact) mass is 497 g/mol. The van der Waals surface area contributed by atoms with Crippen LogP contribution < -0.4 is 4.74 Å². The number of rotatable bonds is 7. The zero-order valence-corrected chi connectivity index (χ0v) is 18.7. The van der Waals surface area contributed by atoms with Crippen LogP contribution in [0.5, 0.6) is 5.75 Å². The second-order valence-electron chi connectivity index (χ2n) is 6.55. The van der Waals surface area contributed by atoms with Gasteiger partial charge in [-0.3, -0.25) is 19.5 Å². The first kappa shape index (κ1) is 21.1. The Labute approximate surface area is 190 Å². The molecule has 156 valence electrons. The molecule has 4 rings (SSSR count). The zero-order valence-electron chi connectivity index (χ0n) is 16.3. The maximum absolute atomic E-state index is 12.7. The van der Waals surface area contributed by atoms with Crippen LogP contribution in [0.1, 0.15) is 10.4 Å². The molecule has 9 heteroatoms. The molecule has 1 aromatic heterocycles. The van der Waals surface area contributed by atoms with E-state index in [4.69, 9.17) is 4.74 Å². The summed E-state index contributed by atoms with van der Waals surface area (Å²) in [5.41, 5.74) is 2.46. The number of hydrogen-bond donors (Lipinski definition) is 0. The Kier molecular flexibility index (Phi) is 6.06. The molecule has 0 aliphatic heterocycles. The summed E-state index contributed by atoms with van der Waals surface area (Å²) in [6, 6.07) is 19.1. The average Bonchev–Trinajstić information content (AvgIpc) is 3.15. The maximum Gasteiger partial charge on any atom is 0.271 e. The number of halogens is 1. The van der Waals surface area contributed by atoms with E-state index >= 15 is 0 Å². The van der Waals surface area contributed by atoms with Gasteiger partial charge in [0.05, 0.1) is 34.5 Å². The average molecular weight is 498 g/mol. The fourth-order valence-corrected chi connectivity index (χ4v) is 4.33. The number of nitro benzene ring substituents is 1. The minimum absolute atomic E-state index is 0.0397. The van der Waals surface area contributed by atoms with E-state index in [1.54, 1.807) is 25.3 Å². The van der Waals surface area contributed by atoms with Crippen molar-refractivity contribution in [1.82, 2.24) is 9.55 Å². The van der Waals surface area contributed by atoms with Crippen molar-refractivity contribution >= 4 is 50.2 Å². The summed E-state index contributed by atoms with van der Waals surface area (Å²) in [6.45, 7) is 0. The first-order valence-corrected chi connectivity index (χ1v) is 11.0. The van der Waals surface area contributed by atoms with Crippen LogP contribution >= 0.6 is 27.7 Å². The van der Waals surface area contributed by atoms with Crippen molar-refractivity contribution in [3.05, 3.63) is 86.9 Å². The molecule has 0 fully saturated rings. The standard InChI is InChI=1S/C22H16BrN3O4S/c1-30-21-5-3-2-4-19(21)25-18-11-10-16(26(28)29)12-17(18)24-22(25)31-13-20(27)14-6-8-15(23)9-7-14/h2-12H,13H2,1H3. The Bertz CT molecular complexity index is 1290. The molecule has 31 heavy (non-hydrogen) atoms. The Morgan fingerprint density at radius 3 is 2.61 bits per heavy atom. The van der Waals surface area contributed by atoms with Crippen molar-refractivity contribution in [1.29, 1.82) is 0 Å². The molecule has 0 aliphatic rings. The molecule has 7 nitrogen and oxygen atoms in total. The lowest BCUT2D eigenvalue weighted by atomic mass is 10.2. The van der Waals surface area contributed by atoms with Gasteiger partial charge in [-0.15, -0.1) is 0 Å². The number of non-ortho nitro benzene ring substituents is 1. The van der Waals surface area contributed by atoms with Crippen molar-refractivity contribution in [3.63, 3.8) is 0 Å². The number of aromatic nitrogens is 2. The first-order chi connectivity index (χ1) is 15.0. The number of para-hydroxylation sites is 2. The number of nitro groups is 1. The third-order valence-corrected chi connectivity index (χ3v) is 6.11. The number of Topliss-reactive ketones (excluding diaryl/α,β-unsaturated/α-hetero) is 1. The highest BCUT2D eigenvalue weighted by Gasteiger charge is 2.19. The van der Waals surface area contributed by atoms with Gasteiger partial charge >= 0.3 is 0 Å². The van der Waals surface area contributed by atoms with Crippen LogP contribution in [0.3, 0.4) is 0 Å². The normalized spacial score (nSPS) is 10.9. The molecule has 0 aliphatic carbocycles. The zero-order chi connectivity index (χ0) is 22.0. The summed E-state index contributed by atoms with van der Waals surface area (Å²) in [7, 11) is 1.58. The van der Waals surface area contributed by atoms with Crippen molar-refractivity contribution in [2.45, 2.75) is 5.16 Å². The van der Waals surface area contributed by atoms with Crippen molar-refractivity contribution in [2.24, 2.45) is 0 Å². The summed E-state index contributed by atoms with van der Waals surface area (Å²) < 4.78 is 8.26. The van der Waals surface area contributed by atoms with Crippen LogP contribution in [0.15, 0.2) is 76.4 Å². The number of hydrogen-bond acceptors (Lipinski definition) is 6. The first-order valence-electron chi connectivity index (χ1n) is 9.20. The van der Waals surface area contributed by atoms with E-state index in [-0.39, 0.29) is 17.2 Å². The van der Waals surface area contributed by atoms with E-state index in [1.807, 2.05) is 41.0 Å². The molecule has 4 aromatic rings. The number of fused-ring (bicyclic) bond motifs is 1. The van der Waals surface area contributed by atoms with E-state index in [1.165, 1.54) is 23.9 Å². The molecular weight excluding hydrogens is 482 g/mol. The molecule has 0 amide bonds. The number of nitrogens with zero attached hydrogens (tertiary/aromatic N) is 3. The minimum atomic E-state index is -0.453. The van der Waals surface area contributed by atoms with Gasteiger partial charge in [-0.05, 0) is 30.3 Å². The molecule has 3 aromatic carbocycles. The van der Waals surface area contributed by atoms with Crippen LogP contribution in [-0.2, 0) is 0 Å². The van der Waals surface area contributed by atoms with Crippen molar-refractivity contribution in [2.75, 3.05) is 12.9 Å². The lowest BCUT2D eigenvalue weighted by molar-refractivity contribution is -0.384. The minimum Gasteiger partial charge on any atom is -0.495 e. The molecule has 0 spiro atoms. The van der Waals surface area contributed by atoms with Gasteiger partial charge in [-0.2, -0.15) is 0 Å². The highest BCUT2D eigenvalue weighted by atomic mass is 79.9. The lowest BCUT2D eigenvalue weighted by Gasteiger charge is -2.12. The summed E-state index contributed by atoms with van der Waals surface area (Å²) in [4.78, 5) is 28.0. The number of benzene rings is 3. The quantitative estimate of drug-likeness (QED) is 0.141. The Hall–Kier alpha value is -3.17. The molecule has 0 saturated carbocycles. The maximum atomic E-state index is 12.7. The highest BCUT2D eigenvalue weighted by Crippen LogP contribution is 2.34. The van der Waals surface area contributed by atoms with E-state index in [0.717, 1.165) is 10.2 Å². The number of ketones is 1. The van der Waals surface area contributed by atoms with Crippen LogP contribution in [0.25, 0.3) is 16.7 Å². The smallest absolute Gasteiger partial charge is 0.271 e. The van der Waals surface area contributed by atoms with E-state index in [9.17, 15) is 14.9 Å². The summed E-state index contributed by atoms with van der Waals surface area (Å²) in [5, 5.41) is 11.7. The van der Waals surface area contributed by atoms with Crippen LogP contribution in [0.2, 0.25) is 0 Å². The predicted octanol–water partition coefficient (Wildman–Crippen LogP) is 5.68. The molecule has 0 N–H and O–H groups in total. The van der Waals surface area contributed by atoms with Gasteiger partial charge in [-0.1, -0.05) is 52.0 Å². The number of carbonyl (C=O) groups is 1. The third-order valence-electron chi connectivity index (χ3n) is 4.64. The third kappa shape index (κ3) is 4.33. The predicted molar refractivity (Wildman–Crippen MR) is 123 cm³/mol. The summed E-state index contributed by atoms with van der Waals surface area (Å²) in [5.74, 6) is 0.755. The van der Waals surface area contributed by atoms with Crippen LogP contribution in [0.4, 0.5) is 5.69 Å². The SMILES string of the molecule is COc1ccccc1-n1c(SCC(=O)c2ccc(Br)cc2)nc2cc([N+](=O)[O-])ccc21. The molecule has 0 bridgehead atoms. The van der Waals surface area contributed by atoms with Crippen molar-refractivity contribution in [3.8, 4) is 11.4 Å². The number of carbonyl (C=O) groups excluding carboxylic acids is 1. The fourth-order valence-electron chi connectivity index (χ4n) is 3.15.